The van der Waals surface area contributed by atoms with Gasteiger partial charge in [-0.2, -0.15) is 0 Å². The van der Waals surface area contributed by atoms with Crippen molar-refractivity contribution < 1.29 is 0 Å². The fraction of sp³-hybridized carbons (Fsp3) is 0.0769. The number of hydrogen-bond donors (Lipinski definition) is 0. The van der Waals surface area contributed by atoms with Gasteiger partial charge in [0.2, 0.25) is 0 Å². The molecule has 0 saturated heterocycles. The molecule has 0 saturated carbocycles. The third-order valence-corrected chi connectivity index (χ3v) is 4.26. The van der Waals surface area contributed by atoms with Crippen LogP contribution in [-0.2, 0) is 0 Å². The third-order valence-electron chi connectivity index (χ3n) is 2.47. The minimum absolute atomic E-state index is 0.399. The van der Waals surface area contributed by atoms with Gasteiger partial charge in [-0.15, -0.1) is 11.6 Å². The summed E-state index contributed by atoms with van der Waals surface area (Å²) in [6.45, 7) is 0. The molecule has 0 fully saturated rings. The first kappa shape index (κ1) is 14.3. The molecule has 0 aliphatic rings. The molecule has 2 aromatic rings. The second-order valence-corrected chi connectivity index (χ2v) is 5.80. The number of hydrogen-bond acceptors (Lipinski definition) is 0. The van der Waals surface area contributed by atoms with Gasteiger partial charge in [-0.05, 0) is 35.4 Å². The first-order valence-corrected chi connectivity index (χ1v) is 6.98. The fourth-order valence-electron chi connectivity index (χ4n) is 1.56. The van der Waals surface area contributed by atoms with E-state index in [4.69, 9.17) is 58.0 Å². The molecule has 0 spiro atoms. The van der Waals surface area contributed by atoms with Gasteiger partial charge in [0, 0.05) is 10.0 Å². The Morgan fingerprint density at radius 3 is 2.06 bits per heavy atom. The molecule has 0 nitrogen and oxygen atoms in total. The van der Waals surface area contributed by atoms with Crippen LogP contribution in [0, 0.1) is 0 Å². The van der Waals surface area contributed by atoms with E-state index in [1.54, 1.807) is 30.3 Å². The van der Waals surface area contributed by atoms with E-state index in [2.05, 4.69) is 0 Å². The van der Waals surface area contributed by atoms with Crippen molar-refractivity contribution in [3.8, 4) is 0 Å². The fourth-order valence-corrected chi connectivity index (χ4v) is 2.76. The molecule has 1 unspecified atom stereocenters. The highest BCUT2D eigenvalue weighted by molar-refractivity contribution is 6.42. The lowest BCUT2D eigenvalue weighted by Crippen LogP contribution is -1.94. The van der Waals surface area contributed by atoms with Crippen LogP contribution < -0.4 is 0 Å². The molecule has 0 amide bonds. The molecule has 18 heavy (non-hydrogen) atoms. The predicted molar refractivity (Wildman–Crippen MR) is 80.6 cm³/mol. The van der Waals surface area contributed by atoms with E-state index in [0.717, 1.165) is 11.1 Å². The molecule has 2 rings (SSSR count). The third kappa shape index (κ3) is 3.07. The van der Waals surface area contributed by atoms with Gasteiger partial charge in [-0.25, -0.2) is 0 Å². The quantitative estimate of drug-likeness (QED) is 0.538. The zero-order chi connectivity index (χ0) is 13.3. The molecule has 0 N–H and O–H groups in total. The van der Waals surface area contributed by atoms with Crippen LogP contribution in [0.5, 0.6) is 0 Å². The number of rotatable bonds is 2. The molecule has 0 aromatic heterocycles. The molecule has 0 aliphatic carbocycles. The second-order valence-electron chi connectivity index (χ2n) is 3.70. The Morgan fingerprint density at radius 1 is 0.722 bits per heavy atom. The zero-order valence-electron chi connectivity index (χ0n) is 8.93. The average Bonchev–Trinajstić information content (AvgIpc) is 2.32. The van der Waals surface area contributed by atoms with Crippen molar-refractivity contribution in [3.63, 3.8) is 0 Å². The molecule has 0 radical (unpaired) electrons. The van der Waals surface area contributed by atoms with Crippen molar-refractivity contribution in [1.82, 2.24) is 0 Å². The highest BCUT2D eigenvalue weighted by Crippen LogP contribution is 2.36. The van der Waals surface area contributed by atoms with Gasteiger partial charge in [0.05, 0.1) is 15.4 Å². The van der Waals surface area contributed by atoms with Crippen LogP contribution >= 0.6 is 58.0 Å². The lowest BCUT2D eigenvalue weighted by atomic mass is 10.0. The summed E-state index contributed by atoms with van der Waals surface area (Å²) in [7, 11) is 0. The standard InChI is InChI=1S/C13H7Cl5/c14-8-2-3-9(11(16)6-8)13(18)7-1-4-10(15)12(17)5-7/h1-6,13H. The summed E-state index contributed by atoms with van der Waals surface area (Å²) in [5.74, 6) is 0. The molecule has 0 heterocycles. The maximum absolute atomic E-state index is 6.38. The van der Waals surface area contributed by atoms with Crippen molar-refractivity contribution in [3.05, 3.63) is 67.6 Å². The highest BCUT2D eigenvalue weighted by Gasteiger charge is 2.15. The summed E-state index contributed by atoms with van der Waals surface area (Å²) >= 11 is 30.2. The molecule has 2 aromatic carbocycles. The predicted octanol–water partition coefficient (Wildman–Crippen LogP) is 6.63. The molecular weight excluding hydrogens is 333 g/mol. The monoisotopic (exact) mass is 338 g/mol. The summed E-state index contributed by atoms with van der Waals surface area (Å²) in [5, 5.41) is 1.65. The Morgan fingerprint density at radius 2 is 1.44 bits per heavy atom. The average molecular weight is 340 g/mol. The maximum Gasteiger partial charge on any atom is 0.0850 e. The smallest absolute Gasteiger partial charge is 0.0850 e. The molecule has 0 aliphatic heterocycles. The van der Waals surface area contributed by atoms with Gasteiger partial charge in [-0.3, -0.25) is 0 Å². The van der Waals surface area contributed by atoms with Gasteiger partial charge in [-0.1, -0.05) is 58.5 Å². The van der Waals surface area contributed by atoms with Crippen LogP contribution in [0.3, 0.4) is 0 Å². The Balaban J connectivity index is 2.41. The summed E-state index contributed by atoms with van der Waals surface area (Å²) < 4.78 is 0. The minimum atomic E-state index is -0.399. The number of halogens is 5. The zero-order valence-corrected chi connectivity index (χ0v) is 12.7. The maximum atomic E-state index is 6.38. The molecular formula is C13H7Cl5. The van der Waals surface area contributed by atoms with Crippen molar-refractivity contribution in [2.75, 3.05) is 0 Å². The van der Waals surface area contributed by atoms with E-state index in [1.807, 2.05) is 6.07 Å². The van der Waals surface area contributed by atoms with Crippen LogP contribution in [0.2, 0.25) is 20.1 Å². The Kier molecular flexibility index (Phi) is 4.69. The topological polar surface area (TPSA) is 0 Å². The summed E-state index contributed by atoms with van der Waals surface area (Å²) in [6, 6.07) is 10.5. The van der Waals surface area contributed by atoms with Crippen LogP contribution in [0.15, 0.2) is 36.4 Å². The van der Waals surface area contributed by atoms with Gasteiger partial charge < -0.3 is 0 Å². The number of alkyl halides is 1. The van der Waals surface area contributed by atoms with E-state index in [0.29, 0.717) is 20.1 Å². The summed E-state index contributed by atoms with van der Waals surface area (Å²) in [5.41, 5.74) is 1.61. The molecule has 1 atom stereocenters. The first-order valence-electron chi connectivity index (χ1n) is 5.03. The lowest BCUT2D eigenvalue weighted by Gasteiger charge is -2.13. The van der Waals surface area contributed by atoms with E-state index >= 15 is 0 Å². The van der Waals surface area contributed by atoms with Crippen molar-refractivity contribution in [1.29, 1.82) is 0 Å². The van der Waals surface area contributed by atoms with Gasteiger partial charge in [0.25, 0.3) is 0 Å². The van der Waals surface area contributed by atoms with E-state index in [9.17, 15) is 0 Å². The first-order chi connectivity index (χ1) is 8.49. The Labute approximate surface area is 130 Å². The molecule has 5 heteroatoms. The van der Waals surface area contributed by atoms with E-state index in [-0.39, 0.29) is 0 Å². The van der Waals surface area contributed by atoms with Crippen LogP contribution in [0.1, 0.15) is 16.5 Å². The van der Waals surface area contributed by atoms with Crippen LogP contribution in [-0.4, -0.2) is 0 Å². The van der Waals surface area contributed by atoms with Crippen molar-refractivity contribution >= 4 is 58.0 Å². The SMILES string of the molecule is Clc1ccc(C(Cl)c2ccc(Cl)c(Cl)c2)c(Cl)c1. The Hall–Kier alpha value is -0.110. The van der Waals surface area contributed by atoms with Gasteiger partial charge in [0.1, 0.15) is 0 Å². The van der Waals surface area contributed by atoms with Crippen molar-refractivity contribution in [2.24, 2.45) is 0 Å². The van der Waals surface area contributed by atoms with E-state index < -0.39 is 5.38 Å². The lowest BCUT2D eigenvalue weighted by molar-refractivity contribution is 1.14. The van der Waals surface area contributed by atoms with Crippen LogP contribution in [0.4, 0.5) is 0 Å². The largest absolute Gasteiger partial charge is 0.113 e. The second kappa shape index (κ2) is 5.90. The Bertz CT molecular complexity index is 580. The highest BCUT2D eigenvalue weighted by atomic mass is 35.5. The van der Waals surface area contributed by atoms with Crippen LogP contribution in [0.25, 0.3) is 0 Å². The summed E-state index contributed by atoms with van der Waals surface area (Å²) in [6.07, 6.45) is 0. The van der Waals surface area contributed by atoms with Crippen molar-refractivity contribution in [2.45, 2.75) is 5.38 Å². The van der Waals surface area contributed by atoms with Gasteiger partial charge in [0.15, 0.2) is 0 Å². The summed E-state index contributed by atoms with van der Waals surface area (Å²) in [4.78, 5) is 0. The molecule has 94 valence electrons. The minimum Gasteiger partial charge on any atom is -0.113 e. The normalized spacial score (nSPS) is 12.5. The number of benzene rings is 2. The van der Waals surface area contributed by atoms with E-state index in [1.165, 1.54) is 0 Å². The molecule has 0 bridgehead atoms. The van der Waals surface area contributed by atoms with Gasteiger partial charge >= 0.3 is 0 Å².